The van der Waals surface area contributed by atoms with Crippen LogP contribution in [0.5, 0.6) is 5.75 Å². The molecule has 0 saturated carbocycles. The second-order valence-corrected chi connectivity index (χ2v) is 5.02. The van der Waals surface area contributed by atoms with E-state index in [1.807, 2.05) is 0 Å². The van der Waals surface area contributed by atoms with E-state index in [4.69, 9.17) is 9.88 Å². The Labute approximate surface area is 104 Å². The van der Waals surface area contributed by atoms with Crippen LogP contribution in [-0.4, -0.2) is 19.9 Å². The molecule has 0 saturated heterocycles. The molecule has 8 heteroatoms. The molecule has 1 aromatic rings. The number of nitrogens with two attached hydrogens (primary N) is 1. The first-order valence-corrected chi connectivity index (χ1v) is 6.37. The van der Waals surface area contributed by atoms with Crippen LogP contribution in [0.1, 0.15) is 5.56 Å². The summed E-state index contributed by atoms with van der Waals surface area (Å²) in [6, 6.07) is 2.09. The highest BCUT2D eigenvalue weighted by Crippen LogP contribution is 2.31. The molecule has 0 bridgehead atoms. The number of benzene rings is 1. The number of primary sulfonamides is 1. The van der Waals surface area contributed by atoms with Gasteiger partial charge in [-0.1, -0.05) is 12.7 Å². The Balaban J connectivity index is 3.50. The number of non-ortho nitro benzene ring substituents is 1. The van der Waals surface area contributed by atoms with Gasteiger partial charge in [0.1, 0.15) is 17.3 Å². The molecule has 0 aliphatic carbocycles. The van der Waals surface area contributed by atoms with Crippen LogP contribution in [0.4, 0.5) is 5.69 Å². The van der Waals surface area contributed by atoms with Crippen LogP contribution < -0.4 is 9.88 Å². The molecule has 1 rings (SSSR count). The summed E-state index contributed by atoms with van der Waals surface area (Å²) < 4.78 is 28.0. The molecule has 0 spiro atoms. The van der Waals surface area contributed by atoms with Gasteiger partial charge in [-0.3, -0.25) is 10.1 Å². The summed E-state index contributed by atoms with van der Waals surface area (Å²) in [6.07, 6.45) is 1.42. The van der Waals surface area contributed by atoms with Crippen molar-refractivity contribution in [1.82, 2.24) is 0 Å². The SMILES string of the molecule is C=CCOc1c(C)cc([N+](=O)[O-])cc1S(N)(=O)=O. The average Bonchev–Trinajstić information content (AvgIpc) is 2.25. The van der Waals surface area contributed by atoms with Crippen molar-refractivity contribution in [2.75, 3.05) is 6.61 Å². The highest BCUT2D eigenvalue weighted by molar-refractivity contribution is 7.89. The number of rotatable bonds is 5. The first-order valence-electron chi connectivity index (χ1n) is 4.83. The Kier molecular flexibility index (Phi) is 4.04. The molecule has 0 amide bonds. The molecular weight excluding hydrogens is 260 g/mol. The molecule has 0 unspecified atom stereocenters. The molecule has 98 valence electrons. The summed E-state index contributed by atoms with van der Waals surface area (Å²) >= 11 is 0. The van der Waals surface area contributed by atoms with Gasteiger partial charge in [-0.15, -0.1) is 0 Å². The zero-order valence-electron chi connectivity index (χ0n) is 9.62. The van der Waals surface area contributed by atoms with Crippen LogP contribution in [0.2, 0.25) is 0 Å². The van der Waals surface area contributed by atoms with Gasteiger partial charge in [0, 0.05) is 12.1 Å². The van der Waals surface area contributed by atoms with Crippen molar-refractivity contribution in [3.05, 3.63) is 40.5 Å². The van der Waals surface area contributed by atoms with Gasteiger partial charge in [0.05, 0.1) is 4.92 Å². The summed E-state index contributed by atoms with van der Waals surface area (Å²) in [6.45, 7) is 5.00. The van der Waals surface area contributed by atoms with Crippen molar-refractivity contribution in [3.8, 4) is 5.75 Å². The normalized spacial score (nSPS) is 11.0. The minimum absolute atomic E-state index is 0.00278. The first kappa shape index (κ1) is 14.1. The number of hydrogen-bond acceptors (Lipinski definition) is 5. The van der Waals surface area contributed by atoms with Crippen LogP contribution in [0.15, 0.2) is 29.7 Å². The van der Waals surface area contributed by atoms with E-state index in [-0.39, 0.29) is 18.0 Å². The fourth-order valence-electron chi connectivity index (χ4n) is 1.37. The second kappa shape index (κ2) is 5.15. The lowest BCUT2D eigenvalue weighted by Crippen LogP contribution is -2.15. The minimum Gasteiger partial charge on any atom is -0.488 e. The highest BCUT2D eigenvalue weighted by Gasteiger charge is 2.22. The maximum absolute atomic E-state index is 11.4. The van der Waals surface area contributed by atoms with Crippen LogP contribution in [-0.2, 0) is 10.0 Å². The largest absolute Gasteiger partial charge is 0.488 e. The van der Waals surface area contributed by atoms with Crippen molar-refractivity contribution in [2.45, 2.75) is 11.8 Å². The average molecular weight is 272 g/mol. The lowest BCUT2D eigenvalue weighted by Gasteiger charge is -2.11. The van der Waals surface area contributed by atoms with Crippen LogP contribution in [0.25, 0.3) is 0 Å². The standard InChI is InChI=1S/C10H12N2O5S/c1-3-4-17-10-7(2)5-8(12(13)14)6-9(10)18(11,15)16/h3,5-6H,1,4H2,2H3,(H2,11,15,16). The molecule has 0 radical (unpaired) electrons. The molecule has 0 fully saturated rings. The third kappa shape index (κ3) is 3.05. The van der Waals surface area contributed by atoms with Gasteiger partial charge in [-0.2, -0.15) is 0 Å². The van der Waals surface area contributed by atoms with E-state index < -0.39 is 19.8 Å². The first-order chi connectivity index (χ1) is 8.27. The van der Waals surface area contributed by atoms with E-state index in [9.17, 15) is 18.5 Å². The van der Waals surface area contributed by atoms with E-state index in [1.54, 1.807) is 0 Å². The van der Waals surface area contributed by atoms with Gasteiger partial charge in [0.25, 0.3) is 5.69 Å². The minimum atomic E-state index is -4.11. The van der Waals surface area contributed by atoms with Gasteiger partial charge in [0.15, 0.2) is 0 Å². The van der Waals surface area contributed by atoms with Crippen molar-refractivity contribution in [1.29, 1.82) is 0 Å². The summed E-state index contributed by atoms with van der Waals surface area (Å²) in [5.74, 6) is 0.00278. The van der Waals surface area contributed by atoms with Crippen molar-refractivity contribution >= 4 is 15.7 Å². The number of hydrogen-bond donors (Lipinski definition) is 1. The maximum Gasteiger partial charge on any atom is 0.271 e. The van der Waals surface area contributed by atoms with Gasteiger partial charge in [-0.05, 0) is 12.5 Å². The Bertz CT molecular complexity index is 595. The van der Waals surface area contributed by atoms with Gasteiger partial charge < -0.3 is 4.74 Å². The van der Waals surface area contributed by atoms with Crippen LogP contribution >= 0.6 is 0 Å². The summed E-state index contributed by atoms with van der Waals surface area (Å²) in [7, 11) is -4.11. The van der Waals surface area contributed by atoms with E-state index in [1.165, 1.54) is 19.1 Å². The molecular formula is C10H12N2O5S. The second-order valence-electron chi connectivity index (χ2n) is 3.49. The van der Waals surface area contributed by atoms with Gasteiger partial charge in [0.2, 0.25) is 10.0 Å². The molecule has 0 aliphatic heterocycles. The lowest BCUT2D eigenvalue weighted by molar-refractivity contribution is -0.385. The monoisotopic (exact) mass is 272 g/mol. The number of nitro groups is 1. The smallest absolute Gasteiger partial charge is 0.271 e. The fraction of sp³-hybridized carbons (Fsp3) is 0.200. The summed E-state index contributed by atoms with van der Waals surface area (Å²) in [5, 5.41) is 15.7. The van der Waals surface area contributed by atoms with Crippen LogP contribution in [0.3, 0.4) is 0 Å². The van der Waals surface area contributed by atoms with E-state index in [0.29, 0.717) is 5.56 Å². The van der Waals surface area contributed by atoms with Crippen molar-refractivity contribution < 1.29 is 18.1 Å². The highest BCUT2D eigenvalue weighted by atomic mass is 32.2. The van der Waals surface area contributed by atoms with E-state index in [2.05, 4.69) is 6.58 Å². The topological polar surface area (TPSA) is 113 Å². The third-order valence-electron chi connectivity index (χ3n) is 2.09. The Hall–Kier alpha value is -1.93. The third-order valence-corrected chi connectivity index (χ3v) is 3.00. The molecule has 0 aromatic heterocycles. The zero-order chi connectivity index (χ0) is 13.9. The number of nitro benzene ring substituents is 1. The molecule has 0 aliphatic rings. The Morgan fingerprint density at radius 2 is 2.17 bits per heavy atom. The van der Waals surface area contributed by atoms with E-state index in [0.717, 1.165) is 6.07 Å². The fourth-order valence-corrected chi connectivity index (χ4v) is 2.13. The Morgan fingerprint density at radius 1 is 1.56 bits per heavy atom. The molecule has 0 atom stereocenters. The Morgan fingerprint density at radius 3 is 2.61 bits per heavy atom. The van der Waals surface area contributed by atoms with E-state index >= 15 is 0 Å². The number of ether oxygens (including phenoxy) is 1. The molecule has 7 nitrogen and oxygen atoms in total. The van der Waals surface area contributed by atoms with Gasteiger partial charge in [-0.25, -0.2) is 13.6 Å². The molecule has 18 heavy (non-hydrogen) atoms. The number of nitrogens with zero attached hydrogens (tertiary/aromatic N) is 1. The van der Waals surface area contributed by atoms with Crippen molar-refractivity contribution in [3.63, 3.8) is 0 Å². The molecule has 2 N–H and O–H groups in total. The molecule has 1 aromatic carbocycles. The summed E-state index contributed by atoms with van der Waals surface area (Å²) in [4.78, 5) is 9.57. The van der Waals surface area contributed by atoms with Crippen LogP contribution in [0, 0.1) is 17.0 Å². The summed E-state index contributed by atoms with van der Waals surface area (Å²) in [5.41, 5.74) is -0.0439. The van der Waals surface area contributed by atoms with Crippen molar-refractivity contribution in [2.24, 2.45) is 5.14 Å². The number of aryl methyl sites for hydroxylation is 1. The predicted molar refractivity (Wildman–Crippen MR) is 64.9 cm³/mol. The predicted octanol–water partition coefficient (Wildman–Crippen LogP) is 1.12. The zero-order valence-corrected chi connectivity index (χ0v) is 10.4. The maximum atomic E-state index is 11.4. The quantitative estimate of drug-likeness (QED) is 0.490. The molecule has 0 heterocycles. The number of sulfonamides is 1. The lowest BCUT2D eigenvalue weighted by atomic mass is 10.2. The van der Waals surface area contributed by atoms with Gasteiger partial charge >= 0.3 is 0 Å².